The van der Waals surface area contributed by atoms with Gasteiger partial charge in [0.25, 0.3) is 0 Å². The molecule has 1 saturated carbocycles. The van der Waals surface area contributed by atoms with Crippen molar-refractivity contribution in [2.24, 2.45) is 11.3 Å². The monoisotopic (exact) mass is 324 g/mol. The molecule has 2 fully saturated rings. The summed E-state index contributed by atoms with van der Waals surface area (Å²) in [6.45, 7) is 7.94. The third kappa shape index (κ3) is 6.42. The van der Waals surface area contributed by atoms with E-state index in [9.17, 15) is 9.90 Å². The number of hydrogen-bond acceptors (Lipinski definition) is 3. The van der Waals surface area contributed by atoms with E-state index < -0.39 is 0 Å². The van der Waals surface area contributed by atoms with Gasteiger partial charge in [0.2, 0.25) is 5.91 Å². The van der Waals surface area contributed by atoms with E-state index in [1.807, 2.05) is 0 Å². The van der Waals surface area contributed by atoms with Crippen LogP contribution in [-0.2, 0) is 4.79 Å². The van der Waals surface area contributed by atoms with Gasteiger partial charge >= 0.3 is 0 Å². The molecular formula is C19H36N2O2. The zero-order chi connectivity index (χ0) is 16.7. The van der Waals surface area contributed by atoms with Crippen LogP contribution in [0, 0.1) is 11.3 Å². The number of amides is 1. The fraction of sp³-hybridized carbons (Fsp3) is 0.947. The average molecular weight is 325 g/mol. The van der Waals surface area contributed by atoms with Gasteiger partial charge in [-0.25, -0.2) is 0 Å². The number of carbonyl (C=O) groups is 1. The van der Waals surface area contributed by atoms with Gasteiger partial charge in [0.1, 0.15) is 0 Å². The first-order valence-corrected chi connectivity index (χ1v) is 9.62. The first-order chi connectivity index (χ1) is 11.0. The third-order valence-corrected chi connectivity index (χ3v) is 5.84. The third-order valence-electron chi connectivity index (χ3n) is 5.84. The summed E-state index contributed by atoms with van der Waals surface area (Å²) in [5, 5.41) is 12.4. The van der Waals surface area contributed by atoms with Crippen LogP contribution in [0.5, 0.6) is 0 Å². The Morgan fingerprint density at radius 1 is 1.22 bits per heavy atom. The number of carbonyl (C=O) groups excluding carboxylic acids is 1. The number of nitrogens with one attached hydrogen (secondary N) is 1. The van der Waals surface area contributed by atoms with Gasteiger partial charge in [-0.3, -0.25) is 9.69 Å². The van der Waals surface area contributed by atoms with Crippen molar-refractivity contribution in [1.29, 1.82) is 0 Å². The quantitative estimate of drug-likeness (QED) is 0.675. The molecule has 2 rings (SSSR count). The Morgan fingerprint density at radius 2 is 1.96 bits per heavy atom. The lowest BCUT2D eigenvalue weighted by Crippen LogP contribution is -2.33. The molecule has 0 aromatic carbocycles. The summed E-state index contributed by atoms with van der Waals surface area (Å²) in [5.41, 5.74) is 0.481. The minimum atomic E-state index is 0.240. The number of likely N-dealkylation sites (tertiary alicyclic amines) is 1. The summed E-state index contributed by atoms with van der Waals surface area (Å²) in [7, 11) is 0. The number of aliphatic hydroxyl groups is 1. The molecule has 4 nitrogen and oxygen atoms in total. The van der Waals surface area contributed by atoms with Crippen molar-refractivity contribution < 1.29 is 9.90 Å². The molecule has 2 N–H and O–H groups in total. The summed E-state index contributed by atoms with van der Waals surface area (Å²) < 4.78 is 0. The Labute approximate surface area is 142 Å². The Hall–Kier alpha value is -0.610. The van der Waals surface area contributed by atoms with Crippen LogP contribution in [0.3, 0.4) is 0 Å². The molecule has 134 valence electrons. The highest BCUT2D eigenvalue weighted by Gasteiger charge is 2.27. The van der Waals surface area contributed by atoms with E-state index in [4.69, 9.17) is 0 Å². The van der Waals surface area contributed by atoms with Crippen molar-refractivity contribution in [2.75, 3.05) is 26.2 Å². The van der Waals surface area contributed by atoms with E-state index in [0.717, 1.165) is 45.3 Å². The highest BCUT2D eigenvalue weighted by molar-refractivity contribution is 5.76. The van der Waals surface area contributed by atoms with Crippen LogP contribution in [0.15, 0.2) is 0 Å². The molecule has 0 radical (unpaired) electrons. The lowest BCUT2D eigenvalue weighted by atomic mass is 9.72. The predicted octanol–water partition coefficient (Wildman–Crippen LogP) is 2.95. The Bertz CT molecular complexity index is 360. The number of aliphatic hydroxyl groups excluding tert-OH is 1. The van der Waals surface area contributed by atoms with Gasteiger partial charge in [-0.15, -0.1) is 0 Å². The molecule has 4 heteroatoms. The lowest BCUT2D eigenvalue weighted by Gasteiger charge is -2.34. The maximum absolute atomic E-state index is 12.0. The maximum atomic E-state index is 12.0. The number of hydrogen-bond donors (Lipinski definition) is 2. The molecule has 1 aliphatic heterocycles. The molecule has 0 aromatic heterocycles. The van der Waals surface area contributed by atoms with Crippen LogP contribution in [-0.4, -0.2) is 48.2 Å². The van der Waals surface area contributed by atoms with E-state index >= 15 is 0 Å². The Morgan fingerprint density at radius 3 is 2.65 bits per heavy atom. The molecule has 1 heterocycles. The molecule has 1 aliphatic carbocycles. The summed E-state index contributed by atoms with van der Waals surface area (Å²) >= 11 is 0. The van der Waals surface area contributed by atoms with Crippen LogP contribution in [0.25, 0.3) is 0 Å². The summed E-state index contributed by atoms with van der Waals surface area (Å²) in [6.07, 6.45) is 10.1. The Balaban J connectivity index is 1.50. The fourth-order valence-electron chi connectivity index (χ4n) is 4.06. The topological polar surface area (TPSA) is 52.6 Å². The second-order valence-corrected chi connectivity index (χ2v) is 8.38. The van der Waals surface area contributed by atoms with Gasteiger partial charge in [0, 0.05) is 19.0 Å². The largest absolute Gasteiger partial charge is 0.395 e. The SMILES string of the molecule is CC1(C)CCC(CC(=O)NCCCCN2CCCC2CO)CC1. The van der Waals surface area contributed by atoms with Crippen LogP contribution in [0.1, 0.15) is 71.6 Å². The molecule has 23 heavy (non-hydrogen) atoms. The average Bonchev–Trinajstić information content (AvgIpc) is 2.96. The fourth-order valence-corrected chi connectivity index (χ4v) is 4.06. The standard InChI is InChI=1S/C19H36N2O2/c1-19(2)9-7-16(8-10-19)14-18(23)20-11-3-4-12-21-13-5-6-17(21)15-22/h16-17,22H,3-15H2,1-2H3,(H,20,23). The van der Waals surface area contributed by atoms with Gasteiger partial charge in [0.15, 0.2) is 0 Å². The molecule has 1 saturated heterocycles. The van der Waals surface area contributed by atoms with Gasteiger partial charge in [0.05, 0.1) is 6.61 Å². The first-order valence-electron chi connectivity index (χ1n) is 9.62. The van der Waals surface area contributed by atoms with Gasteiger partial charge in [-0.2, -0.15) is 0 Å². The zero-order valence-electron chi connectivity index (χ0n) is 15.1. The Kier molecular flexibility index (Phi) is 7.35. The van der Waals surface area contributed by atoms with Gasteiger partial charge in [-0.05, 0) is 75.8 Å². The molecular weight excluding hydrogens is 288 g/mol. The highest BCUT2D eigenvalue weighted by Crippen LogP contribution is 2.39. The van der Waals surface area contributed by atoms with E-state index in [0.29, 0.717) is 17.4 Å². The molecule has 0 aromatic rings. The van der Waals surface area contributed by atoms with E-state index in [1.165, 1.54) is 32.1 Å². The zero-order valence-corrected chi connectivity index (χ0v) is 15.1. The second-order valence-electron chi connectivity index (χ2n) is 8.38. The molecule has 2 aliphatic rings. The first kappa shape index (κ1) is 18.7. The van der Waals surface area contributed by atoms with Crippen molar-refractivity contribution in [2.45, 2.75) is 77.7 Å². The van der Waals surface area contributed by atoms with Gasteiger partial charge < -0.3 is 10.4 Å². The van der Waals surface area contributed by atoms with Crippen LogP contribution in [0.4, 0.5) is 0 Å². The molecule has 1 atom stereocenters. The van der Waals surface area contributed by atoms with Crippen molar-refractivity contribution >= 4 is 5.91 Å². The molecule has 1 amide bonds. The lowest BCUT2D eigenvalue weighted by molar-refractivity contribution is -0.122. The second kappa shape index (κ2) is 9.03. The number of nitrogens with zero attached hydrogens (tertiary/aromatic N) is 1. The molecule has 0 spiro atoms. The predicted molar refractivity (Wildman–Crippen MR) is 94.3 cm³/mol. The van der Waals surface area contributed by atoms with Crippen LogP contribution < -0.4 is 5.32 Å². The van der Waals surface area contributed by atoms with E-state index in [2.05, 4.69) is 24.1 Å². The summed E-state index contributed by atoms with van der Waals surface area (Å²) in [5.74, 6) is 0.835. The maximum Gasteiger partial charge on any atom is 0.220 e. The highest BCUT2D eigenvalue weighted by atomic mass is 16.3. The molecule has 0 bridgehead atoms. The minimum Gasteiger partial charge on any atom is -0.395 e. The van der Waals surface area contributed by atoms with Crippen molar-refractivity contribution in [3.63, 3.8) is 0 Å². The number of unbranched alkanes of at least 4 members (excludes halogenated alkanes) is 1. The van der Waals surface area contributed by atoms with Crippen molar-refractivity contribution in [1.82, 2.24) is 10.2 Å². The summed E-state index contributed by atoms with van der Waals surface area (Å²) in [4.78, 5) is 14.4. The van der Waals surface area contributed by atoms with E-state index in [-0.39, 0.29) is 12.5 Å². The van der Waals surface area contributed by atoms with E-state index in [1.54, 1.807) is 0 Å². The number of rotatable bonds is 8. The normalized spacial score (nSPS) is 25.6. The van der Waals surface area contributed by atoms with Crippen molar-refractivity contribution in [3.05, 3.63) is 0 Å². The molecule has 1 unspecified atom stereocenters. The summed E-state index contributed by atoms with van der Waals surface area (Å²) in [6, 6.07) is 0.375. The van der Waals surface area contributed by atoms with Crippen molar-refractivity contribution in [3.8, 4) is 0 Å². The van der Waals surface area contributed by atoms with Gasteiger partial charge in [-0.1, -0.05) is 13.8 Å². The van der Waals surface area contributed by atoms with Crippen LogP contribution >= 0.6 is 0 Å². The minimum absolute atomic E-state index is 0.240. The smallest absolute Gasteiger partial charge is 0.220 e. The van der Waals surface area contributed by atoms with Crippen LogP contribution in [0.2, 0.25) is 0 Å².